The predicted octanol–water partition coefficient (Wildman–Crippen LogP) is 3.09. The average molecular weight is 337 g/mol. The van der Waals surface area contributed by atoms with Crippen LogP contribution in [0.15, 0.2) is 24.3 Å². The van der Waals surface area contributed by atoms with E-state index >= 15 is 0 Å². The molecule has 1 rings (SSSR count). The Labute approximate surface area is 143 Å². The van der Waals surface area contributed by atoms with Crippen LogP contribution in [0.5, 0.6) is 5.75 Å². The zero-order chi connectivity index (χ0) is 18.0. The van der Waals surface area contributed by atoms with Crippen LogP contribution in [0.4, 0.5) is 4.79 Å². The van der Waals surface area contributed by atoms with E-state index in [1.807, 2.05) is 45.0 Å². The van der Waals surface area contributed by atoms with E-state index in [2.05, 4.69) is 5.32 Å². The molecule has 0 aromatic heterocycles. The Morgan fingerprint density at radius 2 is 1.79 bits per heavy atom. The van der Waals surface area contributed by atoms with Crippen molar-refractivity contribution in [3.63, 3.8) is 0 Å². The number of ether oxygens (including phenoxy) is 3. The monoisotopic (exact) mass is 337 g/mol. The molecule has 6 nitrogen and oxygen atoms in total. The van der Waals surface area contributed by atoms with Crippen LogP contribution in [-0.2, 0) is 20.7 Å². The van der Waals surface area contributed by atoms with Gasteiger partial charge < -0.3 is 19.5 Å². The Hall–Kier alpha value is -2.24. The van der Waals surface area contributed by atoms with E-state index in [9.17, 15) is 9.59 Å². The fraction of sp³-hybridized carbons (Fsp3) is 0.556. The minimum absolute atomic E-state index is 0.0903. The zero-order valence-electron chi connectivity index (χ0n) is 14.9. The van der Waals surface area contributed by atoms with E-state index in [1.165, 1.54) is 0 Å². The molecule has 0 fully saturated rings. The van der Waals surface area contributed by atoms with Crippen molar-refractivity contribution in [3.8, 4) is 5.75 Å². The summed E-state index contributed by atoms with van der Waals surface area (Å²) in [6, 6.07) is 7.51. The van der Waals surface area contributed by atoms with Gasteiger partial charge in [0, 0.05) is 6.54 Å². The standard InChI is InChI=1S/C18H27NO5/c1-5-22-16(20)13-23-15-10-8-14(9-11-15)7-6-12-19-17(21)24-18(2,3)4/h8-11H,5-7,12-13H2,1-4H3,(H,19,21). The van der Waals surface area contributed by atoms with Crippen LogP contribution in [0, 0.1) is 0 Å². The second-order valence-corrected chi connectivity index (χ2v) is 6.27. The topological polar surface area (TPSA) is 73.9 Å². The molecule has 0 saturated heterocycles. The maximum absolute atomic E-state index is 11.5. The van der Waals surface area contributed by atoms with Gasteiger partial charge >= 0.3 is 12.1 Å². The van der Waals surface area contributed by atoms with E-state index in [-0.39, 0.29) is 12.6 Å². The molecule has 24 heavy (non-hydrogen) atoms. The maximum Gasteiger partial charge on any atom is 0.407 e. The number of hydrogen-bond donors (Lipinski definition) is 1. The molecule has 0 aliphatic heterocycles. The normalized spacial score (nSPS) is 10.8. The number of alkyl carbamates (subject to hydrolysis) is 1. The van der Waals surface area contributed by atoms with Crippen LogP contribution in [0.1, 0.15) is 39.7 Å². The van der Waals surface area contributed by atoms with Crippen molar-refractivity contribution in [1.29, 1.82) is 0 Å². The highest BCUT2D eigenvalue weighted by atomic mass is 16.6. The van der Waals surface area contributed by atoms with Crippen molar-refractivity contribution in [2.24, 2.45) is 0 Å². The lowest BCUT2D eigenvalue weighted by molar-refractivity contribution is -0.145. The fourth-order valence-corrected chi connectivity index (χ4v) is 1.89. The summed E-state index contributed by atoms with van der Waals surface area (Å²) in [7, 11) is 0. The number of carbonyl (C=O) groups excluding carboxylic acids is 2. The van der Waals surface area contributed by atoms with Gasteiger partial charge in [0.05, 0.1) is 6.61 Å². The molecule has 0 unspecified atom stereocenters. The van der Waals surface area contributed by atoms with Crippen LogP contribution in [0.2, 0.25) is 0 Å². The third kappa shape index (κ3) is 9.02. The van der Waals surface area contributed by atoms with Gasteiger partial charge in [0.2, 0.25) is 0 Å². The minimum atomic E-state index is -0.483. The van der Waals surface area contributed by atoms with Crippen molar-refractivity contribution in [3.05, 3.63) is 29.8 Å². The molecule has 0 aliphatic rings. The maximum atomic E-state index is 11.5. The Morgan fingerprint density at radius 1 is 1.12 bits per heavy atom. The highest BCUT2D eigenvalue weighted by Gasteiger charge is 2.15. The van der Waals surface area contributed by atoms with Gasteiger partial charge in [-0.3, -0.25) is 0 Å². The number of hydrogen-bond acceptors (Lipinski definition) is 5. The van der Waals surface area contributed by atoms with Gasteiger partial charge in [0.1, 0.15) is 11.4 Å². The second-order valence-electron chi connectivity index (χ2n) is 6.27. The molecule has 0 spiro atoms. The summed E-state index contributed by atoms with van der Waals surface area (Å²) >= 11 is 0. The Bertz CT molecular complexity index is 519. The van der Waals surface area contributed by atoms with Crippen LogP contribution in [0.3, 0.4) is 0 Å². The van der Waals surface area contributed by atoms with Crippen LogP contribution in [0.25, 0.3) is 0 Å². The van der Waals surface area contributed by atoms with Gasteiger partial charge in [-0.1, -0.05) is 12.1 Å². The van der Waals surface area contributed by atoms with Gasteiger partial charge in [0.15, 0.2) is 6.61 Å². The van der Waals surface area contributed by atoms with Gasteiger partial charge in [-0.2, -0.15) is 0 Å². The third-order valence-electron chi connectivity index (χ3n) is 2.90. The van der Waals surface area contributed by atoms with E-state index in [1.54, 1.807) is 6.92 Å². The van der Waals surface area contributed by atoms with E-state index in [0.717, 1.165) is 18.4 Å². The number of esters is 1. The number of nitrogens with one attached hydrogen (secondary N) is 1. The summed E-state index contributed by atoms with van der Waals surface area (Å²) in [5.74, 6) is 0.244. The van der Waals surface area contributed by atoms with Crippen LogP contribution < -0.4 is 10.1 Å². The van der Waals surface area contributed by atoms with E-state index < -0.39 is 11.7 Å². The molecule has 0 bridgehead atoms. The minimum Gasteiger partial charge on any atom is -0.482 e. The summed E-state index contributed by atoms with van der Waals surface area (Å²) < 4.78 is 15.3. The largest absolute Gasteiger partial charge is 0.482 e. The second kappa shape index (κ2) is 9.80. The Morgan fingerprint density at radius 3 is 2.38 bits per heavy atom. The Kier molecular flexibility index (Phi) is 8.09. The average Bonchev–Trinajstić information content (AvgIpc) is 2.49. The molecule has 1 aromatic rings. The molecule has 0 atom stereocenters. The SMILES string of the molecule is CCOC(=O)COc1ccc(CCCNC(=O)OC(C)(C)C)cc1. The fourth-order valence-electron chi connectivity index (χ4n) is 1.89. The first-order valence-electron chi connectivity index (χ1n) is 8.14. The molecule has 0 saturated carbocycles. The number of amides is 1. The molecule has 6 heteroatoms. The lowest BCUT2D eigenvalue weighted by Gasteiger charge is -2.19. The Balaban J connectivity index is 2.25. The van der Waals surface area contributed by atoms with E-state index in [0.29, 0.717) is 18.9 Å². The smallest absolute Gasteiger partial charge is 0.407 e. The van der Waals surface area contributed by atoms with Crippen molar-refractivity contribution < 1.29 is 23.8 Å². The molecule has 134 valence electrons. The number of carbonyl (C=O) groups is 2. The first-order valence-corrected chi connectivity index (χ1v) is 8.14. The highest BCUT2D eigenvalue weighted by Crippen LogP contribution is 2.13. The lowest BCUT2D eigenvalue weighted by Crippen LogP contribution is -2.33. The predicted molar refractivity (Wildman–Crippen MR) is 91.1 cm³/mol. The van der Waals surface area contributed by atoms with Crippen molar-refractivity contribution in [1.82, 2.24) is 5.32 Å². The van der Waals surface area contributed by atoms with Crippen LogP contribution in [-0.4, -0.2) is 37.4 Å². The summed E-state index contributed by atoms with van der Waals surface area (Å²) in [6.45, 7) is 8.06. The number of benzene rings is 1. The van der Waals surface area contributed by atoms with Crippen molar-refractivity contribution in [2.75, 3.05) is 19.8 Å². The molecule has 0 heterocycles. The summed E-state index contributed by atoms with van der Waals surface area (Å²) in [4.78, 5) is 22.7. The quantitative estimate of drug-likeness (QED) is 0.583. The molecule has 0 radical (unpaired) electrons. The lowest BCUT2D eigenvalue weighted by atomic mass is 10.1. The molecular weight excluding hydrogens is 310 g/mol. The highest BCUT2D eigenvalue weighted by molar-refractivity contribution is 5.71. The van der Waals surface area contributed by atoms with Gasteiger partial charge in [-0.15, -0.1) is 0 Å². The van der Waals surface area contributed by atoms with Crippen molar-refractivity contribution in [2.45, 2.75) is 46.1 Å². The summed E-state index contributed by atoms with van der Waals surface area (Å²) in [5.41, 5.74) is 0.646. The van der Waals surface area contributed by atoms with Crippen LogP contribution >= 0.6 is 0 Å². The molecule has 1 N–H and O–H groups in total. The number of aryl methyl sites for hydroxylation is 1. The zero-order valence-corrected chi connectivity index (χ0v) is 14.9. The number of rotatable bonds is 8. The molecule has 0 aliphatic carbocycles. The molecule has 1 aromatic carbocycles. The van der Waals surface area contributed by atoms with Gasteiger partial charge in [0.25, 0.3) is 0 Å². The van der Waals surface area contributed by atoms with Gasteiger partial charge in [-0.05, 0) is 58.2 Å². The van der Waals surface area contributed by atoms with Gasteiger partial charge in [-0.25, -0.2) is 9.59 Å². The molecular formula is C18H27NO5. The van der Waals surface area contributed by atoms with E-state index in [4.69, 9.17) is 14.2 Å². The third-order valence-corrected chi connectivity index (χ3v) is 2.90. The first kappa shape index (κ1) is 19.8. The summed E-state index contributed by atoms with van der Waals surface area (Å²) in [5, 5.41) is 2.73. The summed E-state index contributed by atoms with van der Waals surface area (Å²) in [6.07, 6.45) is 1.24. The van der Waals surface area contributed by atoms with Crippen molar-refractivity contribution >= 4 is 12.1 Å². The molecule has 1 amide bonds. The first-order chi connectivity index (χ1) is 11.3.